The van der Waals surface area contributed by atoms with Gasteiger partial charge in [0.2, 0.25) is 5.54 Å². The summed E-state index contributed by atoms with van der Waals surface area (Å²) in [6.45, 7) is 11.7. The third-order valence-electron chi connectivity index (χ3n) is 4.78. The number of hydrogen-bond donors (Lipinski definition) is 5. The van der Waals surface area contributed by atoms with Crippen molar-refractivity contribution in [1.29, 1.82) is 0 Å². The summed E-state index contributed by atoms with van der Waals surface area (Å²) in [4.78, 5) is 51.3. The molecule has 15 heteroatoms. The molecule has 222 valence electrons. The second kappa shape index (κ2) is 13.6. The van der Waals surface area contributed by atoms with Crippen molar-refractivity contribution in [3.63, 3.8) is 0 Å². The Labute approximate surface area is 233 Å². The normalized spacial score (nSPS) is 17.3. The Hall–Kier alpha value is -1.62. The van der Waals surface area contributed by atoms with Gasteiger partial charge in [0.05, 0.1) is 0 Å². The first kappa shape index (κ1) is 36.4. The molecule has 0 aliphatic rings. The van der Waals surface area contributed by atoms with Crippen LogP contribution in [0.4, 0.5) is 0 Å². The lowest BCUT2D eigenvalue weighted by atomic mass is 9.93. The van der Waals surface area contributed by atoms with Gasteiger partial charge in [0.1, 0.15) is 11.2 Å². The molecule has 0 spiro atoms. The van der Waals surface area contributed by atoms with Crippen LogP contribution < -0.4 is 16.5 Å². The van der Waals surface area contributed by atoms with Gasteiger partial charge >= 0.3 is 23.9 Å². The van der Waals surface area contributed by atoms with Crippen molar-refractivity contribution in [2.45, 2.75) is 82.2 Å². The predicted octanol–water partition coefficient (Wildman–Crippen LogP) is 0.938. The average Bonchev–Trinajstić information content (AvgIpc) is 2.71. The number of rotatable bonds is 15. The molecular weight excluding hydrogens is 538 g/mol. The number of carbonyl (C=O) groups excluding carboxylic acids is 2. The minimum absolute atomic E-state index is 0.275. The molecule has 0 aliphatic carbocycles. The van der Waals surface area contributed by atoms with E-state index in [1.54, 1.807) is 55.6 Å². The van der Waals surface area contributed by atoms with Crippen molar-refractivity contribution >= 4 is 45.5 Å². The molecule has 3 atom stereocenters. The maximum absolute atomic E-state index is 13.7. The summed E-state index contributed by atoms with van der Waals surface area (Å²) in [6, 6.07) is 0. The van der Waals surface area contributed by atoms with E-state index in [1.165, 1.54) is 24.0 Å². The summed E-state index contributed by atoms with van der Waals surface area (Å²) in [5, 5.41) is 24.9. The fourth-order valence-electron chi connectivity index (χ4n) is 3.10. The third-order valence-corrected chi connectivity index (χ3v) is 7.96. The van der Waals surface area contributed by atoms with Crippen LogP contribution in [0.15, 0.2) is 0 Å². The van der Waals surface area contributed by atoms with Gasteiger partial charge < -0.3 is 25.4 Å². The lowest BCUT2D eigenvalue weighted by molar-refractivity contribution is -0.181. The highest BCUT2D eigenvalue weighted by atomic mass is 33.1. The highest BCUT2D eigenvalue weighted by Crippen LogP contribution is 2.45. The molecule has 0 aromatic heterocycles. The first-order valence-electron chi connectivity index (χ1n) is 11.9. The van der Waals surface area contributed by atoms with Crippen LogP contribution in [0.1, 0.15) is 54.9 Å². The average molecular weight is 584 g/mol. The summed E-state index contributed by atoms with van der Waals surface area (Å²) in [5.41, 5.74) is 1.85. The maximum atomic E-state index is 13.7. The lowest BCUT2D eigenvalue weighted by Gasteiger charge is -2.50. The van der Waals surface area contributed by atoms with Crippen LogP contribution in [0.2, 0.25) is 0 Å². The number of carboxylic acid groups (broad SMARTS) is 2. The Morgan fingerprint density at radius 1 is 0.868 bits per heavy atom. The van der Waals surface area contributed by atoms with Gasteiger partial charge in [0.25, 0.3) is 5.54 Å². The van der Waals surface area contributed by atoms with Crippen LogP contribution in [0.3, 0.4) is 0 Å². The number of hydrogen-bond acceptors (Lipinski definition) is 13. The minimum Gasteiger partial charge on any atom is -0.479 e. The van der Waals surface area contributed by atoms with Gasteiger partial charge in [-0.25, -0.2) is 29.6 Å². The monoisotopic (exact) mass is 583 g/mol. The molecule has 38 heavy (non-hydrogen) atoms. The van der Waals surface area contributed by atoms with Crippen molar-refractivity contribution < 1.29 is 38.9 Å². The van der Waals surface area contributed by atoms with E-state index < -0.39 is 56.9 Å². The van der Waals surface area contributed by atoms with Crippen LogP contribution in [0, 0.1) is 0 Å². The number of nitrogens with one attached hydrogen (secondary N) is 2. The van der Waals surface area contributed by atoms with Crippen molar-refractivity contribution in [2.24, 2.45) is 5.73 Å². The number of likely N-dealkylation sites (N-methyl/N-ethyl adjacent to an activating group) is 1. The number of aliphatic carboxylic acids is 2. The molecule has 1 unspecified atom stereocenters. The number of ether oxygens (including phenoxy) is 2. The van der Waals surface area contributed by atoms with Gasteiger partial charge in [-0.15, -0.1) is 0 Å². The van der Waals surface area contributed by atoms with E-state index in [0.717, 1.165) is 21.6 Å². The quantitative estimate of drug-likeness (QED) is 0.0603. The number of nitrogens with two attached hydrogens (primary N) is 1. The highest BCUT2D eigenvalue weighted by Gasteiger charge is 2.67. The van der Waals surface area contributed by atoms with Gasteiger partial charge in [-0.2, -0.15) is 0 Å². The summed E-state index contributed by atoms with van der Waals surface area (Å²) < 4.78 is 10.8. The van der Waals surface area contributed by atoms with E-state index in [9.17, 15) is 29.4 Å². The SMILES string of the molecule is CCCNC(SSC[C@](N)(C(=O)O)C(=O)OC(C)(C)C)(N(C)C)[C@](NN(C)C)(C(=O)O)C(=O)OC(C)(C)C. The van der Waals surface area contributed by atoms with E-state index >= 15 is 0 Å². The molecule has 0 fully saturated rings. The van der Waals surface area contributed by atoms with Crippen molar-refractivity contribution in [2.75, 3.05) is 40.5 Å². The molecule has 0 rings (SSSR count). The molecule has 13 nitrogen and oxygen atoms in total. The topological polar surface area (TPSA) is 184 Å². The zero-order valence-electron chi connectivity index (χ0n) is 24.3. The molecule has 0 radical (unpaired) electrons. The number of hydrazine groups is 1. The predicted molar refractivity (Wildman–Crippen MR) is 148 cm³/mol. The Morgan fingerprint density at radius 3 is 1.68 bits per heavy atom. The van der Waals surface area contributed by atoms with E-state index in [2.05, 4.69) is 10.7 Å². The minimum atomic E-state index is -2.45. The first-order chi connectivity index (χ1) is 17.0. The van der Waals surface area contributed by atoms with Gasteiger partial charge in [0.15, 0.2) is 4.99 Å². The van der Waals surface area contributed by atoms with Crippen LogP contribution >= 0.6 is 21.6 Å². The van der Waals surface area contributed by atoms with E-state index in [4.69, 9.17) is 15.2 Å². The summed E-state index contributed by atoms with van der Waals surface area (Å²) in [5.74, 6) is -5.89. The second-order valence-electron chi connectivity index (χ2n) is 11.2. The summed E-state index contributed by atoms with van der Waals surface area (Å²) in [6.07, 6.45) is 0.570. The fourth-order valence-corrected chi connectivity index (χ4v) is 6.65. The largest absolute Gasteiger partial charge is 0.479 e. The molecule has 6 N–H and O–H groups in total. The van der Waals surface area contributed by atoms with E-state index in [1.807, 2.05) is 6.92 Å². The van der Waals surface area contributed by atoms with E-state index in [0.29, 0.717) is 6.42 Å². The fraction of sp³-hybridized carbons (Fsp3) is 0.826. The maximum Gasteiger partial charge on any atom is 0.344 e. The standard InChI is InChI=1S/C23H45N5O8S2/c1-12-13-25-23(27(8)9,22(16(31)32,26-28(10)11)18(34)36-20(5,6)7)38-37-14-21(24,15(29)30)17(33)35-19(2,3)4/h25-26H,12-14,24H2,1-11H3,(H,29,30)(H,31,32)/t21-,22-,23?/m0/s1. The van der Waals surface area contributed by atoms with Crippen LogP contribution in [-0.4, -0.2) is 112 Å². The molecule has 0 heterocycles. The molecule has 0 amide bonds. The molecular formula is C23H45N5O8S2. The molecule has 0 aromatic rings. The van der Waals surface area contributed by atoms with Crippen LogP contribution in [0.5, 0.6) is 0 Å². The number of nitrogens with zero attached hydrogens (tertiary/aromatic N) is 2. The third kappa shape index (κ3) is 8.96. The van der Waals surface area contributed by atoms with Crippen molar-refractivity contribution in [3.8, 4) is 0 Å². The Morgan fingerprint density at radius 2 is 1.34 bits per heavy atom. The summed E-state index contributed by atoms with van der Waals surface area (Å²) in [7, 11) is 7.83. The van der Waals surface area contributed by atoms with Gasteiger partial charge in [0, 0.05) is 19.8 Å². The van der Waals surface area contributed by atoms with Gasteiger partial charge in [-0.3, -0.25) is 10.2 Å². The Kier molecular flexibility index (Phi) is 13.1. The Balaban J connectivity index is 6.87. The van der Waals surface area contributed by atoms with Crippen LogP contribution in [0.25, 0.3) is 0 Å². The van der Waals surface area contributed by atoms with Crippen molar-refractivity contribution in [3.05, 3.63) is 0 Å². The Bertz CT molecular complexity index is 862. The summed E-state index contributed by atoms with van der Waals surface area (Å²) >= 11 is 0. The highest BCUT2D eigenvalue weighted by molar-refractivity contribution is 8.77. The molecule has 0 aliphatic heterocycles. The first-order valence-corrected chi connectivity index (χ1v) is 14.2. The van der Waals surface area contributed by atoms with Crippen LogP contribution in [-0.2, 0) is 28.7 Å². The molecule has 0 bridgehead atoms. The smallest absolute Gasteiger partial charge is 0.344 e. The van der Waals surface area contributed by atoms with Crippen molar-refractivity contribution in [1.82, 2.24) is 20.7 Å². The van der Waals surface area contributed by atoms with Gasteiger partial charge in [-0.1, -0.05) is 28.5 Å². The lowest BCUT2D eigenvalue weighted by Crippen LogP contribution is -2.81. The molecule has 0 saturated carbocycles. The zero-order chi connectivity index (χ0) is 30.3. The number of carboxylic acids is 2. The number of esters is 2. The molecule has 0 aromatic carbocycles. The second-order valence-corrected chi connectivity index (χ2v) is 13.6. The zero-order valence-corrected chi connectivity index (χ0v) is 25.9. The molecule has 0 saturated heterocycles. The van der Waals surface area contributed by atoms with Gasteiger partial charge in [-0.05, 0) is 68.6 Å². The number of carbonyl (C=O) groups is 4. The van der Waals surface area contributed by atoms with E-state index in [-0.39, 0.29) is 6.54 Å².